The number of benzene rings is 1. The zero-order chi connectivity index (χ0) is 12.3. The molecular weight excluding hydrogens is 219 g/mol. The minimum atomic E-state index is -0.188. The topological polar surface area (TPSA) is 49.5 Å². The molecule has 4 heteroatoms. The number of halogens is 1. The molecule has 0 unspecified atom stereocenters. The Morgan fingerprint density at radius 3 is 2.59 bits per heavy atom. The van der Waals surface area contributed by atoms with Crippen molar-refractivity contribution in [2.24, 2.45) is 5.73 Å². The first kappa shape index (κ1) is 12.5. The highest BCUT2D eigenvalue weighted by molar-refractivity contribution is 5.25. The van der Waals surface area contributed by atoms with Gasteiger partial charge in [0.1, 0.15) is 5.82 Å². The van der Waals surface area contributed by atoms with Crippen molar-refractivity contribution in [3.05, 3.63) is 35.1 Å². The van der Waals surface area contributed by atoms with E-state index in [4.69, 9.17) is 5.73 Å². The fourth-order valence-electron chi connectivity index (χ4n) is 2.23. The van der Waals surface area contributed by atoms with Gasteiger partial charge in [-0.05, 0) is 12.8 Å². The molecular formula is C13H19FN2O. The summed E-state index contributed by atoms with van der Waals surface area (Å²) in [7, 11) is 0. The van der Waals surface area contributed by atoms with Gasteiger partial charge in [-0.2, -0.15) is 0 Å². The second kappa shape index (κ2) is 5.58. The zero-order valence-electron chi connectivity index (χ0n) is 9.90. The molecule has 3 nitrogen and oxygen atoms in total. The van der Waals surface area contributed by atoms with E-state index in [9.17, 15) is 9.50 Å². The molecule has 0 aliphatic carbocycles. The first-order chi connectivity index (χ1) is 8.20. The highest BCUT2D eigenvalue weighted by atomic mass is 19.1. The summed E-state index contributed by atoms with van der Waals surface area (Å²) < 4.78 is 13.9. The van der Waals surface area contributed by atoms with E-state index in [-0.39, 0.29) is 18.5 Å². The number of piperidine rings is 1. The number of aliphatic hydroxyl groups excluding tert-OH is 1. The van der Waals surface area contributed by atoms with Gasteiger partial charge in [-0.3, -0.25) is 4.90 Å². The van der Waals surface area contributed by atoms with Crippen molar-refractivity contribution in [1.29, 1.82) is 0 Å². The standard InChI is InChI=1S/C13H19FN2O/c14-13-10(8-15)2-1-3-11(13)9-16-6-4-12(17)5-7-16/h1-3,12,17H,4-9,15H2. The van der Waals surface area contributed by atoms with E-state index in [0.29, 0.717) is 17.7 Å². The monoisotopic (exact) mass is 238 g/mol. The lowest BCUT2D eigenvalue weighted by Crippen LogP contribution is -2.35. The maximum atomic E-state index is 13.9. The van der Waals surface area contributed by atoms with E-state index in [1.54, 1.807) is 12.1 Å². The zero-order valence-corrected chi connectivity index (χ0v) is 9.90. The van der Waals surface area contributed by atoms with E-state index in [1.807, 2.05) is 6.07 Å². The van der Waals surface area contributed by atoms with Crippen LogP contribution in [0.3, 0.4) is 0 Å². The molecule has 1 aliphatic rings. The minimum Gasteiger partial charge on any atom is -0.393 e. The predicted molar refractivity (Wildman–Crippen MR) is 64.8 cm³/mol. The predicted octanol–water partition coefficient (Wildman–Crippen LogP) is 1.24. The van der Waals surface area contributed by atoms with Crippen LogP contribution in [0.5, 0.6) is 0 Å². The summed E-state index contributed by atoms with van der Waals surface area (Å²) in [4.78, 5) is 2.17. The summed E-state index contributed by atoms with van der Waals surface area (Å²) in [5, 5.41) is 9.41. The van der Waals surface area contributed by atoms with Crippen LogP contribution in [0.25, 0.3) is 0 Å². The lowest BCUT2D eigenvalue weighted by Gasteiger charge is -2.29. The van der Waals surface area contributed by atoms with Gasteiger partial charge in [0.15, 0.2) is 0 Å². The number of aliphatic hydroxyl groups is 1. The highest BCUT2D eigenvalue weighted by Crippen LogP contribution is 2.17. The van der Waals surface area contributed by atoms with Crippen LogP contribution in [0, 0.1) is 5.82 Å². The average Bonchev–Trinajstić information content (AvgIpc) is 2.35. The number of nitrogens with zero attached hydrogens (tertiary/aromatic N) is 1. The Labute approximate surface area is 101 Å². The van der Waals surface area contributed by atoms with Gasteiger partial charge in [-0.25, -0.2) is 4.39 Å². The molecule has 17 heavy (non-hydrogen) atoms. The van der Waals surface area contributed by atoms with Crippen LogP contribution in [-0.4, -0.2) is 29.2 Å². The maximum absolute atomic E-state index is 13.9. The van der Waals surface area contributed by atoms with Crippen LogP contribution >= 0.6 is 0 Å². The summed E-state index contributed by atoms with van der Waals surface area (Å²) in [6.45, 7) is 2.49. The van der Waals surface area contributed by atoms with Crippen LogP contribution in [0.1, 0.15) is 24.0 Å². The fraction of sp³-hybridized carbons (Fsp3) is 0.538. The summed E-state index contributed by atoms with van der Waals surface area (Å²) in [6, 6.07) is 5.37. The van der Waals surface area contributed by atoms with Crippen molar-refractivity contribution >= 4 is 0 Å². The van der Waals surface area contributed by atoms with Crippen molar-refractivity contribution in [3.8, 4) is 0 Å². The van der Waals surface area contributed by atoms with E-state index < -0.39 is 0 Å². The number of hydrogen-bond donors (Lipinski definition) is 2. The molecule has 0 radical (unpaired) electrons. The van der Waals surface area contributed by atoms with Gasteiger partial charge < -0.3 is 10.8 Å². The van der Waals surface area contributed by atoms with Crippen molar-refractivity contribution < 1.29 is 9.50 Å². The second-order valence-corrected chi connectivity index (χ2v) is 4.60. The second-order valence-electron chi connectivity index (χ2n) is 4.60. The Balaban J connectivity index is 2.03. The van der Waals surface area contributed by atoms with Gasteiger partial charge in [-0.1, -0.05) is 18.2 Å². The Kier molecular flexibility index (Phi) is 4.10. The Bertz CT molecular complexity index is 376. The molecule has 1 aromatic carbocycles. The molecule has 1 fully saturated rings. The molecule has 94 valence electrons. The van der Waals surface area contributed by atoms with Crippen molar-refractivity contribution in [2.45, 2.75) is 32.0 Å². The molecule has 0 atom stereocenters. The molecule has 1 saturated heterocycles. The summed E-state index contributed by atoms with van der Waals surface area (Å²) in [5.41, 5.74) is 6.75. The smallest absolute Gasteiger partial charge is 0.132 e. The first-order valence-corrected chi connectivity index (χ1v) is 6.07. The quantitative estimate of drug-likeness (QED) is 0.833. The van der Waals surface area contributed by atoms with Crippen LogP contribution < -0.4 is 5.73 Å². The van der Waals surface area contributed by atoms with Gasteiger partial charge in [0, 0.05) is 37.3 Å². The normalized spacial score (nSPS) is 18.5. The van der Waals surface area contributed by atoms with E-state index in [0.717, 1.165) is 25.9 Å². The lowest BCUT2D eigenvalue weighted by atomic mass is 10.1. The highest BCUT2D eigenvalue weighted by Gasteiger charge is 2.18. The summed E-state index contributed by atoms with van der Waals surface area (Å²) in [5.74, 6) is -0.180. The van der Waals surface area contributed by atoms with Gasteiger partial charge >= 0.3 is 0 Å². The Morgan fingerprint density at radius 2 is 1.94 bits per heavy atom. The molecule has 0 spiro atoms. The van der Waals surface area contributed by atoms with Gasteiger partial charge in [0.05, 0.1) is 6.10 Å². The molecule has 0 saturated carbocycles. The number of nitrogens with two attached hydrogens (primary N) is 1. The number of rotatable bonds is 3. The molecule has 3 N–H and O–H groups in total. The molecule has 0 aromatic heterocycles. The van der Waals surface area contributed by atoms with Crippen LogP contribution in [0.4, 0.5) is 4.39 Å². The third kappa shape index (κ3) is 3.03. The number of likely N-dealkylation sites (tertiary alicyclic amines) is 1. The van der Waals surface area contributed by atoms with Crippen molar-refractivity contribution in [1.82, 2.24) is 4.90 Å². The van der Waals surface area contributed by atoms with E-state index in [1.165, 1.54) is 0 Å². The SMILES string of the molecule is NCc1cccc(CN2CCC(O)CC2)c1F. The van der Waals surface area contributed by atoms with E-state index in [2.05, 4.69) is 4.90 Å². The molecule has 0 amide bonds. The average molecular weight is 238 g/mol. The van der Waals surface area contributed by atoms with Crippen molar-refractivity contribution in [3.63, 3.8) is 0 Å². The van der Waals surface area contributed by atoms with Crippen LogP contribution in [0.15, 0.2) is 18.2 Å². The third-order valence-electron chi connectivity index (χ3n) is 3.33. The van der Waals surface area contributed by atoms with Gasteiger partial charge in [0.2, 0.25) is 0 Å². The maximum Gasteiger partial charge on any atom is 0.132 e. The fourth-order valence-corrected chi connectivity index (χ4v) is 2.23. The molecule has 1 aliphatic heterocycles. The molecule has 1 aromatic rings. The lowest BCUT2D eigenvalue weighted by molar-refractivity contribution is 0.0787. The van der Waals surface area contributed by atoms with Crippen LogP contribution in [0.2, 0.25) is 0 Å². The van der Waals surface area contributed by atoms with Gasteiger partial charge in [-0.15, -0.1) is 0 Å². The molecule has 1 heterocycles. The van der Waals surface area contributed by atoms with Crippen molar-refractivity contribution in [2.75, 3.05) is 13.1 Å². The molecule has 0 bridgehead atoms. The van der Waals surface area contributed by atoms with Gasteiger partial charge in [0.25, 0.3) is 0 Å². The largest absolute Gasteiger partial charge is 0.393 e. The molecule has 2 rings (SSSR count). The minimum absolute atomic E-state index is 0.180. The Hall–Kier alpha value is -0.970. The summed E-state index contributed by atoms with van der Waals surface area (Å²) >= 11 is 0. The Morgan fingerprint density at radius 1 is 1.29 bits per heavy atom. The van der Waals surface area contributed by atoms with E-state index >= 15 is 0 Å². The first-order valence-electron chi connectivity index (χ1n) is 6.07. The third-order valence-corrected chi connectivity index (χ3v) is 3.33. The summed E-state index contributed by atoms with van der Waals surface area (Å²) in [6.07, 6.45) is 1.36. The number of hydrogen-bond acceptors (Lipinski definition) is 3. The van der Waals surface area contributed by atoms with Crippen LogP contribution in [-0.2, 0) is 13.1 Å².